The maximum atomic E-state index is 13.0. The quantitative estimate of drug-likeness (QED) is 0.796. The summed E-state index contributed by atoms with van der Waals surface area (Å²) in [6.07, 6.45) is 5.95. The first-order valence-electron chi connectivity index (χ1n) is 8.80. The lowest BCUT2D eigenvalue weighted by Gasteiger charge is -2.30. The van der Waals surface area contributed by atoms with E-state index >= 15 is 0 Å². The molecule has 2 unspecified atom stereocenters. The minimum Gasteiger partial charge on any atom is -0.335 e. The number of amidine groups is 1. The molecule has 1 aromatic rings. The molecule has 0 N–H and O–H groups in total. The summed E-state index contributed by atoms with van der Waals surface area (Å²) in [5, 5.41) is 0. The number of benzene rings is 1. The van der Waals surface area contributed by atoms with Gasteiger partial charge in [0.1, 0.15) is 5.84 Å². The van der Waals surface area contributed by atoms with Crippen molar-refractivity contribution >= 4 is 21.8 Å². The van der Waals surface area contributed by atoms with E-state index in [4.69, 9.17) is 0 Å². The van der Waals surface area contributed by atoms with Gasteiger partial charge in [0, 0.05) is 31.2 Å². The third-order valence-corrected chi connectivity index (χ3v) is 6.48. The summed E-state index contributed by atoms with van der Waals surface area (Å²) in [7, 11) is -3.38. The minimum absolute atomic E-state index is 0.0142. The molecule has 6 nitrogen and oxygen atoms in total. The van der Waals surface area contributed by atoms with Crippen LogP contribution in [0.2, 0.25) is 0 Å². The average Bonchev–Trinajstić information content (AvgIpc) is 3.02. The van der Waals surface area contributed by atoms with Gasteiger partial charge < -0.3 is 9.80 Å². The standard InChI is InChI=1S/C19H21N3O3S/c1-14-17(15-5-3-2-4-6-15)9-10-22(14)19(23)16-7-8-18-20-26(24,25)12-11-21(18)13-16/h2-8,13-14,17H,9-12H2,1H3. The van der Waals surface area contributed by atoms with Crippen molar-refractivity contribution in [1.82, 2.24) is 9.80 Å². The molecule has 7 heteroatoms. The Hall–Kier alpha value is -2.41. The van der Waals surface area contributed by atoms with Crippen molar-refractivity contribution in [2.24, 2.45) is 4.40 Å². The zero-order chi connectivity index (χ0) is 18.3. The van der Waals surface area contributed by atoms with Crippen molar-refractivity contribution in [3.63, 3.8) is 0 Å². The number of sulfonamides is 1. The molecule has 1 amide bonds. The second-order valence-corrected chi connectivity index (χ2v) is 8.65. The largest absolute Gasteiger partial charge is 0.335 e. The molecule has 0 aliphatic carbocycles. The van der Waals surface area contributed by atoms with Gasteiger partial charge in [-0.2, -0.15) is 0 Å². The van der Waals surface area contributed by atoms with Crippen LogP contribution in [0.15, 0.2) is 58.7 Å². The highest BCUT2D eigenvalue weighted by atomic mass is 32.2. The lowest BCUT2D eigenvalue weighted by Crippen LogP contribution is -2.40. The smallest absolute Gasteiger partial charge is 0.256 e. The van der Waals surface area contributed by atoms with E-state index in [0.717, 1.165) is 13.0 Å². The molecule has 26 heavy (non-hydrogen) atoms. The summed E-state index contributed by atoms with van der Waals surface area (Å²) in [6, 6.07) is 10.4. The minimum atomic E-state index is -3.38. The number of fused-ring (bicyclic) bond motifs is 1. The Kier molecular flexibility index (Phi) is 4.19. The molecule has 1 saturated heterocycles. The second-order valence-electron chi connectivity index (χ2n) is 6.89. The second kappa shape index (κ2) is 6.39. The van der Waals surface area contributed by atoms with Crippen molar-refractivity contribution in [3.8, 4) is 0 Å². The van der Waals surface area contributed by atoms with Gasteiger partial charge in [0.2, 0.25) is 0 Å². The van der Waals surface area contributed by atoms with E-state index in [1.807, 2.05) is 23.1 Å². The van der Waals surface area contributed by atoms with Gasteiger partial charge in [-0.3, -0.25) is 4.79 Å². The van der Waals surface area contributed by atoms with Crippen molar-refractivity contribution in [2.75, 3.05) is 18.8 Å². The number of nitrogens with zero attached hydrogens (tertiary/aromatic N) is 3. The van der Waals surface area contributed by atoms with Gasteiger partial charge in [0.05, 0.1) is 11.3 Å². The number of hydrogen-bond acceptors (Lipinski definition) is 4. The Bertz CT molecular complexity index is 919. The fourth-order valence-electron chi connectivity index (χ4n) is 3.87. The molecule has 0 bridgehead atoms. The van der Waals surface area contributed by atoms with Gasteiger partial charge in [0.15, 0.2) is 0 Å². The molecular weight excluding hydrogens is 350 g/mol. The molecule has 0 aromatic heterocycles. The number of hydrogen-bond donors (Lipinski definition) is 0. The Morgan fingerprint density at radius 2 is 1.92 bits per heavy atom. The summed E-state index contributed by atoms with van der Waals surface area (Å²) in [5.41, 5.74) is 1.84. The third-order valence-electron chi connectivity index (χ3n) is 5.31. The van der Waals surface area contributed by atoms with Gasteiger partial charge in [-0.25, -0.2) is 8.42 Å². The van der Waals surface area contributed by atoms with Crippen LogP contribution in [0.1, 0.15) is 24.8 Å². The van der Waals surface area contributed by atoms with Crippen LogP contribution in [0.4, 0.5) is 0 Å². The van der Waals surface area contributed by atoms with Crippen LogP contribution in [0, 0.1) is 0 Å². The molecule has 1 aromatic carbocycles. The predicted molar refractivity (Wildman–Crippen MR) is 100 cm³/mol. The van der Waals surface area contributed by atoms with E-state index in [9.17, 15) is 13.2 Å². The molecule has 2 atom stereocenters. The molecule has 0 spiro atoms. The SMILES string of the molecule is CC1C(c2ccccc2)CCN1C(=O)C1=CN2CCS(=O)(=O)N=C2C=C1. The maximum absolute atomic E-state index is 13.0. The van der Waals surface area contributed by atoms with Gasteiger partial charge in [-0.1, -0.05) is 30.3 Å². The normalized spacial score (nSPS) is 27.0. The van der Waals surface area contributed by atoms with E-state index in [1.165, 1.54) is 5.56 Å². The summed E-state index contributed by atoms with van der Waals surface area (Å²) in [4.78, 5) is 16.7. The van der Waals surface area contributed by atoms with E-state index in [2.05, 4.69) is 23.5 Å². The molecular formula is C19H21N3O3S. The van der Waals surface area contributed by atoms with Crippen molar-refractivity contribution in [3.05, 3.63) is 59.8 Å². The molecule has 1 fully saturated rings. The number of amides is 1. The highest BCUT2D eigenvalue weighted by Crippen LogP contribution is 2.34. The molecule has 3 aliphatic heterocycles. The monoisotopic (exact) mass is 371 g/mol. The van der Waals surface area contributed by atoms with Crippen LogP contribution in [0.25, 0.3) is 0 Å². The molecule has 0 radical (unpaired) electrons. The number of carbonyl (C=O) groups is 1. The highest BCUT2D eigenvalue weighted by molar-refractivity contribution is 7.90. The first-order valence-corrected chi connectivity index (χ1v) is 10.4. The van der Waals surface area contributed by atoms with Crippen LogP contribution in [0.5, 0.6) is 0 Å². The van der Waals surface area contributed by atoms with Crippen LogP contribution >= 0.6 is 0 Å². The number of likely N-dealkylation sites (tertiary alicyclic amines) is 1. The van der Waals surface area contributed by atoms with Crippen LogP contribution in [0.3, 0.4) is 0 Å². The average molecular weight is 371 g/mol. The molecule has 4 rings (SSSR count). The molecule has 3 aliphatic rings. The summed E-state index contributed by atoms with van der Waals surface area (Å²) in [6.45, 7) is 3.14. The highest BCUT2D eigenvalue weighted by Gasteiger charge is 2.36. The molecule has 136 valence electrons. The molecule has 3 heterocycles. The third kappa shape index (κ3) is 3.07. The van der Waals surface area contributed by atoms with E-state index < -0.39 is 10.0 Å². The fraction of sp³-hybridized carbons (Fsp3) is 0.368. The Morgan fingerprint density at radius 1 is 1.15 bits per heavy atom. The van der Waals surface area contributed by atoms with Gasteiger partial charge >= 0.3 is 0 Å². The fourth-order valence-corrected chi connectivity index (χ4v) is 4.83. The number of carbonyl (C=O) groups excluding carboxylic acids is 1. The number of rotatable bonds is 2. The lowest BCUT2D eigenvalue weighted by molar-refractivity contribution is -0.127. The maximum Gasteiger partial charge on any atom is 0.256 e. The zero-order valence-electron chi connectivity index (χ0n) is 14.6. The van der Waals surface area contributed by atoms with E-state index in [1.54, 1.807) is 23.3 Å². The zero-order valence-corrected chi connectivity index (χ0v) is 15.4. The van der Waals surface area contributed by atoms with Crippen molar-refractivity contribution in [2.45, 2.75) is 25.3 Å². The first kappa shape index (κ1) is 17.0. The van der Waals surface area contributed by atoms with E-state index in [0.29, 0.717) is 23.9 Å². The molecule has 0 saturated carbocycles. The Labute approximate surface area is 153 Å². The lowest BCUT2D eigenvalue weighted by atomic mass is 9.93. The van der Waals surface area contributed by atoms with Crippen molar-refractivity contribution in [1.29, 1.82) is 0 Å². The van der Waals surface area contributed by atoms with Crippen molar-refractivity contribution < 1.29 is 13.2 Å². The van der Waals surface area contributed by atoms with Gasteiger partial charge in [-0.05, 0) is 31.1 Å². The Balaban J connectivity index is 1.53. The van der Waals surface area contributed by atoms with Crippen LogP contribution in [-0.4, -0.2) is 54.8 Å². The van der Waals surface area contributed by atoms with Crippen LogP contribution < -0.4 is 0 Å². The summed E-state index contributed by atoms with van der Waals surface area (Å²) in [5.74, 6) is 0.674. The van der Waals surface area contributed by atoms with E-state index in [-0.39, 0.29) is 17.7 Å². The van der Waals surface area contributed by atoms with Gasteiger partial charge in [0.25, 0.3) is 15.9 Å². The summed E-state index contributed by atoms with van der Waals surface area (Å²) >= 11 is 0. The summed E-state index contributed by atoms with van der Waals surface area (Å²) < 4.78 is 27.0. The Morgan fingerprint density at radius 3 is 2.69 bits per heavy atom. The van der Waals surface area contributed by atoms with Crippen LogP contribution in [-0.2, 0) is 14.8 Å². The predicted octanol–water partition coefficient (Wildman–Crippen LogP) is 1.89. The topological polar surface area (TPSA) is 70.1 Å². The van der Waals surface area contributed by atoms with Gasteiger partial charge in [-0.15, -0.1) is 4.40 Å². The first-order chi connectivity index (χ1) is 12.4.